The number of nitrogens with zero attached hydrogens (tertiary/aromatic N) is 2. The summed E-state index contributed by atoms with van der Waals surface area (Å²) in [5, 5.41) is 0. The third-order valence-corrected chi connectivity index (χ3v) is 4.22. The highest BCUT2D eigenvalue weighted by atomic mass is 16.5. The van der Waals surface area contributed by atoms with Gasteiger partial charge in [-0.25, -0.2) is 0 Å². The van der Waals surface area contributed by atoms with Gasteiger partial charge in [-0.3, -0.25) is 4.90 Å². The zero-order valence-electron chi connectivity index (χ0n) is 11.3. The molecule has 2 heterocycles. The minimum atomic E-state index is 0.239. The standard InChI is InChI=1S/C13H27N3O/c1-3-16-6-4-5-12(16)8-15(2)7-11-9-17-10-13(11)14/h11-13H,3-10,14H2,1-2H3. The third kappa shape index (κ3) is 3.41. The zero-order chi connectivity index (χ0) is 12.3. The van der Waals surface area contributed by atoms with Crippen LogP contribution in [0.3, 0.4) is 0 Å². The van der Waals surface area contributed by atoms with E-state index in [1.54, 1.807) is 0 Å². The van der Waals surface area contributed by atoms with E-state index in [9.17, 15) is 0 Å². The van der Waals surface area contributed by atoms with Gasteiger partial charge in [0.25, 0.3) is 0 Å². The normalized spacial score (nSPS) is 34.9. The summed E-state index contributed by atoms with van der Waals surface area (Å²) < 4.78 is 5.42. The number of likely N-dealkylation sites (N-methyl/N-ethyl adjacent to an activating group) is 2. The molecule has 2 fully saturated rings. The Balaban J connectivity index is 1.74. The number of rotatable bonds is 5. The summed E-state index contributed by atoms with van der Waals surface area (Å²) in [7, 11) is 2.22. The van der Waals surface area contributed by atoms with Gasteiger partial charge in [0.05, 0.1) is 13.2 Å². The van der Waals surface area contributed by atoms with E-state index in [0.717, 1.165) is 25.8 Å². The molecule has 2 aliphatic rings. The Morgan fingerprint density at radius 2 is 2.18 bits per heavy atom. The molecule has 2 aliphatic heterocycles. The highest BCUT2D eigenvalue weighted by Gasteiger charge is 2.28. The minimum absolute atomic E-state index is 0.239. The molecule has 100 valence electrons. The van der Waals surface area contributed by atoms with Crippen LogP contribution in [0.15, 0.2) is 0 Å². The number of ether oxygens (including phenoxy) is 1. The molecular weight excluding hydrogens is 214 g/mol. The maximum atomic E-state index is 6.03. The molecule has 17 heavy (non-hydrogen) atoms. The lowest BCUT2D eigenvalue weighted by Crippen LogP contribution is -2.43. The van der Waals surface area contributed by atoms with Crippen LogP contribution < -0.4 is 5.73 Å². The first kappa shape index (κ1) is 13.3. The second-order valence-electron chi connectivity index (χ2n) is 5.61. The average molecular weight is 241 g/mol. The lowest BCUT2D eigenvalue weighted by atomic mass is 10.0. The number of likely N-dealkylation sites (tertiary alicyclic amines) is 1. The van der Waals surface area contributed by atoms with Crippen molar-refractivity contribution in [1.29, 1.82) is 0 Å². The fraction of sp³-hybridized carbons (Fsp3) is 1.00. The summed E-state index contributed by atoms with van der Waals surface area (Å²) in [5.41, 5.74) is 6.03. The molecule has 0 spiro atoms. The summed E-state index contributed by atoms with van der Waals surface area (Å²) in [6.45, 7) is 8.56. The first-order chi connectivity index (χ1) is 8.20. The Bertz CT molecular complexity index is 237. The predicted molar refractivity (Wildman–Crippen MR) is 70.1 cm³/mol. The first-order valence-electron chi connectivity index (χ1n) is 6.96. The van der Waals surface area contributed by atoms with E-state index in [2.05, 4.69) is 23.8 Å². The van der Waals surface area contributed by atoms with Crippen molar-refractivity contribution in [2.45, 2.75) is 31.8 Å². The van der Waals surface area contributed by atoms with Crippen molar-refractivity contribution in [3.05, 3.63) is 0 Å². The second-order valence-corrected chi connectivity index (χ2v) is 5.61. The Morgan fingerprint density at radius 1 is 1.35 bits per heavy atom. The molecule has 0 aromatic rings. The molecule has 0 radical (unpaired) electrons. The lowest BCUT2D eigenvalue weighted by molar-refractivity contribution is 0.158. The number of nitrogens with two attached hydrogens (primary N) is 1. The topological polar surface area (TPSA) is 41.7 Å². The summed E-state index contributed by atoms with van der Waals surface area (Å²) in [4.78, 5) is 5.04. The molecule has 0 aromatic heterocycles. The molecule has 4 nitrogen and oxygen atoms in total. The van der Waals surface area contributed by atoms with Gasteiger partial charge in [-0.2, -0.15) is 0 Å². The largest absolute Gasteiger partial charge is 0.379 e. The second kappa shape index (κ2) is 6.14. The van der Waals surface area contributed by atoms with Crippen molar-refractivity contribution in [2.75, 3.05) is 46.4 Å². The molecule has 2 rings (SSSR count). The fourth-order valence-electron chi connectivity index (χ4n) is 3.16. The van der Waals surface area contributed by atoms with Gasteiger partial charge in [-0.15, -0.1) is 0 Å². The van der Waals surface area contributed by atoms with Gasteiger partial charge < -0.3 is 15.4 Å². The smallest absolute Gasteiger partial charge is 0.0621 e. The van der Waals surface area contributed by atoms with Gasteiger partial charge in [0, 0.05) is 31.1 Å². The third-order valence-electron chi connectivity index (χ3n) is 4.22. The highest BCUT2D eigenvalue weighted by Crippen LogP contribution is 2.19. The average Bonchev–Trinajstić information content (AvgIpc) is 2.89. The van der Waals surface area contributed by atoms with Crippen LogP contribution in [0.25, 0.3) is 0 Å². The summed E-state index contributed by atoms with van der Waals surface area (Å²) in [5.74, 6) is 0.525. The molecule has 0 aliphatic carbocycles. The van der Waals surface area contributed by atoms with E-state index in [1.165, 1.54) is 32.5 Å². The van der Waals surface area contributed by atoms with Crippen LogP contribution in [0.4, 0.5) is 0 Å². The van der Waals surface area contributed by atoms with E-state index in [4.69, 9.17) is 10.5 Å². The monoisotopic (exact) mass is 241 g/mol. The van der Waals surface area contributed by atoms with Crippen LogP contribution >= 0.6 is 0 Å². The van der Waals surface area contributed by atoms with Gasteiger partial charge in [0.15, 0.2) is 0 Å². The van der Waals surface area contributed by atoms with Gasteiger partial charge in [0.2, 0.25) is 0 Å². The van der Waals surface area contributed by atoms with Crippen LogP contribution in [0.2, 0.25) is 0 Å². The summed E-state index contributed by atoms with van der Waals surface area (Å²) >= 11 is 0. The van der Waals surface area contributed by atoms with Crippen molar-refractivity contribution < 1.29 is 4.74 Å². The molecule has 0 bridgehead atoms. The maximum Gasteiger partial charge on any atom is 0.0621 e. The van der Waals surface area contributed by atoms with Crippen molar-refractivity contribution >= 4 is 0 Å². The molecule has 2 N–H and O–H groups in total. The summed E-state index contributed by atoms with van der Waals surface area (Å²) in [6.07, 6.45) is 2.71. The van der Waals surface area contributed by atoms with Crippen LogP contribution in [0.1, 0.15) is 19.8 Å². The fourth-order valence-corrected chi connectivity index (χ4v) is 3.16. The SMILES string of the molecule is CCN1CCCC1CN(C)CC1COCC1N. The molecule has 0 aromatic carbocycles. The van der Waals surface area contributed by atoms with Crippen LogP contribution in [0, 0.1) is 5.92 Å². The number of hydrogen-bond donors (Lipinski definition) is 1. The molecule has 3 atom stereocenters. The lowest BCUT2D eigenvalue weighted by Gasteiger charge is -2.29. The molecular formula is C13H27N3O. The zero-order valence-corrected chi connectivity index (χ0v) is 11.3. The van der Waals surface area contributed by atoms with E-state index in [1.807, 2.05) is 0 Å². The maximum absolute atomic E-state index is 6.03. The van der Waals surface area contributed by atoms with E-state index in [-0.39, 0.29) is 6.04 Å². The van der Waals surface area contributed by atoms with Crippen LogP contribution in [-0.2, 0) is 4.74 Å². The van der Waals surface area contributed by atoms with E-state index >= 15 is 0 Å². The van der Waals surface area contributed by atoms with Crippen LogP contribution in [0.5, 0.6) is 0 Å². The minimum Gasteiger partial charge on any atom is -0.379 e. The molecule has 4 heteroatoms. The number of hydrogen-bond acceptors (Lipinski definition) is 4. The molecule has 0 amide bonds. The van der Waals surface area contributed by atoms with E-state index in [0.29, 0.717) is 5.92 Å². The van der Waals surface area contributed by atoms with Crippen molar-refractivity contribution in [1.82, 2.24) is 9.80 Å². The first-order valence-corrected chi connectivity index (χ1v) is 6.96. The molecule has 2 saturated heterocycles. The molecule has 3 unspecified atom stereocenters. The van der Waals surface area contributed by atoms with Crippen LogP contribution in [-0.4, -0.2) is 68.3 Å². The highest BCUT2D eigenvalue weighted by molar-refractivity contribution is 4.84. The Hall–Kier alpha value is -0.160. The Kier molecular flexibility index (Phi) is 4.79. The Morgan fingerprint density at radius 3 is 2.82 bits per heavy atom. The van der Waals surface area contributed by atoms with E-state index < -0.39 is 0 Å². The Labute approximate surface area is 105 Å². The van der Waals surface area contributed by atoms with Gasteiger partial charge in [0.1, 0.15) is 0 Å². The van der Waals surface area contributed by atoms with Gasteiger partial charge in [-0.1, -0.05) is 6.92 Å². The van der Waals surface area contributed by atoms with Crippen molar-refractivity contribution in [2.24, 2.45) is 11.7 Å². The molecule has 0 saturated carbocycles. The quantitative estimate of drug-likeness (QED) is 0.755. The summed E-state index contributed by atoms with van der Waals surface area (Å²) in [6, 6.07) is 0.992. The van der Waals surface area contributed by atoms with Gasteiger partial charge in [-0.05, 0) is 33.0 Å². The predicted octanol–water partition coefficient (Wildman–Crippen LogP) is 0.376. The van der Waals surface area contributed by atoms with Gasteiger partial charge >= 0.3 is 0 Å². The van der Waals surface area contributed by atoms with Crippen molar-refractivity contribution in [3.8, 4) is 0 Å². The van der Waals surface area contributed by atoms with Crippen molar-refractivity contribution in [3.63, 3.8) is 0 Å².